The Morgan fingerprint density at radius 2 is 1.53 bits per heavy atom. The van der Waals surface area contributed by atoms with Crippen molar-refractivity contribution in [2.75, 3.05) is 0 Å². The van der Waals surface area contributed by atoms with E-state index in [0.717, 1.165) is 5.92 Å². The first-order valence-electron chi connectivity index (χ1n) is 7.70. The quantitative estimate of drug-likeness (QED) is 0.807. The van der Waals surface area contributed by atoms with E-state index in [-0.39, 0.29) is 6.04 Å². The molecule has 1 aromatic rings. The second-order valence-corrected chi connectivity index (χ2v) is 7.41. The van der Waals surface area contributed by atoms with Gasteiger partial charge in [-0.25, -0.2) is 0 Å². The molecule has 0 heterocycles. The zero-order chi connectivity index (χ0) is 14.0. The molecule has 0 amide bonds. The van der Waals surface area contributed by atoms with Gasteiger partial charge >= 0.3 is 0 Å². The Kier molecular flexibility index (Phi) is 4.35. The molecule has 0 aliphatic heterocycles. The van der Waals surface area contributed by atoms with Crippen molar-refractivity contribution in [3.8, 4) is 0 Å². The molecule has 1 nitrogen and oxygen atoms in total. The molecule has 0 radical (unpaired) electrons. The van der Waals surface area contributed by atoms with E-state index in [4.69, 9.17) is 5.73 Å². The molecule has 0 aromatic heterocycles. The molecule has 1 atom stereocenters. The summed E-state index contributed by atoms with van der Waals surface area (Å²) in [7, 11) is 0. The molecule has 1 heteroatoms. The fourth-order valence-electron chi connectivity index (χ4n) is 3.41. The molecule has 106 valence electrons. The van der Waals surface area contributed by atoms with Crippen molar-refractivity contribution in [3.63, 3.8) is 0 Å². The minimum Gasteiger partial charge on any atom is -0.324 e. The Morgan fingerprint density at radius 1 is 1.00 bits per heavy atom. The van der Waals surface area contributed by atoms with Gasteiger partial charge < -0.3 is 5.73 Å². The molecule has 1 unspecified atom stereocenters. The lowest BCUT2D eigenvalue weighted by Crippen LogP contribution is -2.30. The molecule has 2 N–H and O–H groups in total. The lowest BCUT2D eigenvalue weighted by molar-refractivity contribution is 0.139. The minimum atomic E-state index is 0.224. The monoisotopic (exact) mass is 259 g/mol. The van der Waals surface area contributed by atoms with Crippen LogP contribution in [0.1, 0.15) is 63.6 Å². The van der Waals surface area contributed by atoms with Gasteiger partial charge in [-0.1, -0.05) is 50.6 Å². The Labute approximate surface area is 118 Å². The van der Waals surface area contributed by atoms with E-state index in [1.54, 1.807) is 0 Å². The van der Waals surface area contributed by atoms with Gasteiger partial charge in [0.15, 0.2) is 0 Å². The van der Waals surface area contributed by atoms with E-state index in [9.17, 15) is 0 Å². The molecule has 2 rings (SSSR count). The van der Waals surface area contributed by atoms with Crippen LogP contribution in [0.3, 0.4) is 0 Å². The molecule has 0 spiro atoms. The van der Waals surface area contributed by atoms with Gasteiger partial charge in [-0.05, 0) is 55.4 Å². The number of aryl methyl sites for hydroxylation is 1. The van der Waals surface area contributed by atoms with Crippen LogP contribution in [0.25, 0.3) is 0 Å². The van der Waals surface area contributed by atoms with Crippen molar-refractivity contribution in [1.82, 2.24) is 0 Å². The van der Waals surface area contributed by atoms with Gasteiger partial charge in [0.25, 0.3) is 0 Å². The Morgan fingerprint density at radius 3 is 2.00 bits per heavy atom. The summed E-state index contributed by atoms with van der Waals surface area (Å²) < 4.78 is 0. The zero-order valence-electron chi connectivity index (χ0n) is 12.9. The van der Waals surface area contributed by atoms with E-state index >= 15 is 0 Å². The summed E-state index contributed by atoms with van der Waals surface area (Å²) in [5.41, 5.74) is 9.55. The fraction of sp³-hybridized carbons (Fsp3) is 0.667. The van der Waals surface area contributed by atoms with Gasteiger partial charge in [-0.3, -0.25) is 0 Å². The van der Waals surface area contributed by atoms with Crippen LogP contribution in [0.4, 0.5) is 0 Å². The molecular formula is C18H29N. The molecule has 1 saturated carbocycles. The number of hydrogen-bond donors (Lipinski definition) is 1. The minimum absolute atomic E-state index is 0.224. The largest absolute Gasteiger partial charge is 0.324 e. The van der Waals surface area contributed by atoms with Crippen LogP contribution in [-0.2, 0) is 0 Å². The van der Waals surface area contributed by atoms with E-state index < -0.39 is 0 Å². The summed E-state index contributed by atoms with van der Waals surface area (Å²) in [6.07, 6.45) is 5.26. The summed E-state index contributed by atoms with van der Waals surface area (Å²) in [6.45, 7) is 9.25. The first-order chi connectivity index (χ1) is 8.88. The maximum Gasteiger partial charge on any atom is 0.0323 e. The van der Waals surface area contributed by atoms with Crippen LogP contribution < -0.4 is 5.73 Å². The van der Waals surface area contributed by atoms with Crippen LogP contribution in [0.2, 0.25) is 0 Å². The van der Waals surface area contributed by atoms with Crippen molar-refractivity contribution in [1.29, 1.82) is 0 Å². The maximum atomic E-state index is 6.47. The summed E-state index contributed by atoms with van der Waals surface area (Å²) in [5.74, 6) is 1.54. The third kappa shape index (κ3) is 3.60. The van der Waals surface area contributed by atoms with Crippen LogP contribution in [0, 0.1) is 24.2 Å². The SMILES string of the molecule is Cc1ccc(C(N)C2CCC(C(C)(C)C)CC2)cc1. The van der Waals surface area contributed by atoms with Gasteiger partial charge in [0.05, 0.1) is 0 Å². The summed E-state index contributed by atoms with van der Waals surface area (Å²) >= 11 is 0. The van der Waals surface area contributed by atoms with Gasteiger partial charge in [-0.15, -0.1) is 0 Å². The summed E-state index contributed by atoms with van der Waals surface area (Å²) in [4.78, 5) is 0. The molecular weight excluding hydrogens is 230 g/mol. The Balaban J connectivity index is 1.96. The summed E-state index contributed by atoms with van der Waals surface area (Å²) in [5, 5.41) is 0. The van der Waals surface area contributed by atoms with Crippen molar-refractivity contribution in [3.05, 3.63) is 35.4 Å². The Bertz CT molecular complexity index is 391. The highest BCUT2D eigenvalue weighted by Crippen LogP contribution is 2.42. The predicted molar refractivity (Wildman–Crippen MR) is 83.0 cm³/mol. The smallest absolute Gasteiger partial charge is 0.0323 e. The van der Waals surface area contributed by atoms with E-state index in [1.807, 2.05) is 0 Å². The lowest BCUT2D eigenvalue weighted by Gasteiger charge is -2.38. The predicted octanol–water partition coefficient (Wildman–Crippen LogP) is 4.85. The molecule has 19 heavy (non-hydrogen) atoms. The Hall–Kier alpha value is -0.820. The molecule has 0 bridgehead atoms. The average molecular weight is 259 g/mol. The average Bonchev–Trinajstić information content (AvgIpc) is 2.38. The van der Waals surface area contributed by atoms with Crippen LogP contribution in [0.15, 0.2) is 24.3 Å². The number of nitrogens with two attached hydrogens (primary N) is 1. The molecule has 1 aromatic carbocycles. The molecule has 1 fully saturated rings. The van der Waals surface area contributed by atoms with Gasteiger partial charge in [0, 0.05) is 6.04 Å². The van der Waals surface area contributed by atoms with Gasteiger partial charge in [-0.2, -0.15) is 0 Å². The molecule has 1 aliphatic carbocycles. The summed E-state index contributed by atoms with van der Waals surface area (Å²) in [6, 6.07) is 8.99. The van der Waals surface area contributed by atoms with Crippen LogP contribution >= 0.6 is 0 Å². The third-order valence-electron chi connectivity index (χ3n) is 4.97. The standard InChI is InChI=1S/C18H29N/c1-13-5-7-14(8-6-13)17(19)15-9-11-16(12-10-15)18(2,3)4/h5-8,15-17H,9-12,19H2,1-4H3. The van der Waals surface area contributed by atoms with E-state index in [2.05, 4.69) is 52.0 Å². The van der Waals surface area contributed by atoms with Crippen molar-refractivity contribution >= 4 is 0 Å². The second kappa shape index (κ2) is 5.66. The molecule has 0 saturated heterocycles. The maximum absolute atomic E-state index is 6.47. The zero-order valence-corrected chi connectivity index (χ0v) is 12.9. The van der Waals surface area contributed by atoms with Crippen LogP contribution in [-0.4, -0.2) is 0 Å². The van der Waals surface area contributed by atoms with Gasteiger partial charge in [0.1, 0.15) is 0 Å². The second-order valence-electron chi connectivity index (χ2n) is 7.41. The highest BCUT2D eigenvalue weighted by Gasteiger charge is 2.32. The first-order valence-corrected chi connectivity index (χ1v) is 7.70. The number of benzene rings is 1. The number of rotatable bonds is 2. The van der Waals surface area contributed by atoms with Crippen molar-refractivity contribution < 1.29 is 0 Å². The first kappa shape index (κ1) is 14.6. The van der Waals surface area contributed by atoms with Gasteiger partial charge in [0.2, 0.25) is 0 Å². The fourth-order valence-corrected chi connectivity index (χ4v) is 3.41. The highest BCUT2D eigenvalue weighted by molar-refractivity contribution is 5.24. The van der Waals surface area contributed by atoms with Crippen molar-refractivity contribution in [2.45, 2.75) is 59.4 Å². The van der Waals surface area contributed by atoms with E-state index in [1.165, 1.54) is 36.8 Å². The normalized spacial score (nSPS) is 26.2. The van der Waals surface area contributed by atoms with E-state index in [0.29, 0.717) is 11.3 Å². The number of hydrogen-bond acceptors (Lipinski definition) is 1. The van der Waals surface area contributed by atoms with Crippen molar-refractivity contribution in [2.24, 2.45) is 23.0 Å². The molecule has 1 aliphatic rings. The lowest BCUT2D eigenvalue weighted by atomic mass is 9.68. The van der Waals surface area contributed by atoms with Crippen LogP contribution in [0.5, 0.6) is 0 Å². The topological polar surface area (TPSA) is 26.0 Å². The third-order valence-corrected chi connectivity index (χ3v) is 4.97. The highest BCUT2D eigenvalue weighted by atomic mass is 14.7.